The lowest BCUT2D eigenvalue weighted by atomic mass is 10.1. The van der Waals surface area contributed by atoms with Gasteiger partial charge in [0.1, 0.15) is 0 Å². The van der Waals surface area contributed by atoms with Crippen LogP contribution < -0.4 is 5.32 Å². The Morgan fingerprint density at radius 1 is 1.39 bits per heavy atom. The Labute approximate surface area is 108 Å². The van der Waals surface area contributed by atoms with Gasteiger partial charge in [0.15, 0.2) is 0 Å². The Hall–Kier alpha value is -1.39. The van der Waals surface area contributed by atoms with Crippen molar-refractivity contribution >= 4 is 5.91 Å². The summed E-state index contributed by atoms with van der Waals surface area (Å²) in [5.74, 6) is 0.0393. The molecule has 0 spiro atoms. The molecule has 4 heteroatoms. The number of aliphatic hydroxyl groups is 1. The average Bonchev–Trinajstić information content (AvgIpc) is 2.85. The number of hydrogen-bond donors (Lipinski definition) is 2. The van der Waals surface area contributed by atoms with Crippen LogP contribution in [0.25, 0.3) is 0 Å². The summed E-state index contributed by atoms with van der Waals surface area (Å²) >= 11 is 0. The highest BCUT2D eigenvalue weighted by molar-refractivity contribution is 5.82. The average molecular weight is 248 g/mol. The van der Waals surface area contributed by atoms with Crippen molar-refractivity contribution < 1.29 is 9.90 Å². The summed E-state index contributed by atoms with van der Waals surface area (Å²) < 4.78 is 0. The maximum atomic E-state index is 11.9. The van der Waals surface area contributed by atoms with Gasteiger partial charge in [0.25, 0.3) is 0 Å². The molecule has 1 aromatic rings. The monoisotopic (exact) mass is 248 g/mol. The number of rotatable bonds is 5. The van der Waals surface area contributed by atoms with Crippen LogP contribution in [0.1, 0.15) is 18.4 Å². The van der Waals surface area contributed by atoms with Crippen molar-refractivity contribution in [2.24, 2.45) is 0 Å². The van der Waals surface area contributed by atoms with Gasteiger partial charge in [-0.25, -0.2) is 0 Å². The van der Waals surface area contributed by atoms with Gasteiger partial charge >= 0.3 is 0 Å². The second-order valence-electron chi connectivity index (χ2n) is 4.63. The van der Waals surface area contributed by atoms with Gasteiger partial charge in [-0.2, -0.15) is 0 Å². The molecule has 1 amide bonds. The lowest BCUT2D eigenvalue weighted by Gasteiger charge is -2.23. The topological polar surface area (TPSA) is 52.6 Å². The first kappa shape index (κ1) is 13.1. The molecule has 1 aliphatic heterocycles. The van der Waals surface area contributed by atoms with E-state index in [0.29, 0.717) is 6.54 Å². The Balaban J connectivity index is 1.93. The molecule has 0 aliphatic carbocycles. The second kappa shape index (κ2) is 6.52. The summed E-state index contributed by atoms with van der Waals surface area (Å²) in [6, 6.07) is 10.2. The van der Waals surface area contributed by atoms with Gasteiger partial charge in [-0.15, -0.1) is 0 Å². The molecule has 98 valence electrons. The molecule has 4 nitrogen and oxygen atoms in total. The lowest BCUT2D eigenvalue weighted by Crippen LogP contribution is -2.43. The number of nitrogens with one attached hydrogen (secondary N) is 1. The fourth-order valence-corrected chi connectivity index (χ4v) is 2.43. The maximum absolute atomic E-state index is 11.9. The van der Waals surface area contributed by atoms with E-state index < -0.39 is 0 Å². The summed E-state index contributed by atoms with van der Waals surface area (Å²) in [7, 11) is 0. The molecule has 2 rings (SSSR count). The highest BCUT2D eigenvalue weighted by Crippen LogP contribution is 2.20. The van der Waals surface area contributed by atoms with Crippen molar-refractivity contribution in [3.8, 4) is 0 Å². The molecule has 0 radical (unpaired) electrons. The van der Waals surface area contributed by atoms with Crippen molar-refractivity contribution in [3.63, 3.8) is 0 Å². The molecule has 1 saturated heterocycles. The van der Waals surface area contributed by atoms with E-state index in [1.54, 1.807) is 0 Å². The van der Waals surface area contributed by atoms with E-state index in [2.05, 4.69) is 22.3 Å². The van der Waals surface area contributed by atoms with E-state index in [-0.39, 0.29) is 18.6 Å². The number of hydrogen-bond acceptors (Lipinski definition) is 3. The molecule has 0 aromatic heterocycles. The zero-order valence-electron chi connectivity index (χ0n) is 10.5. The molecule has 1 unspecified atom stereocenters. The van der Waals surface area contributed by atoms with Crippen molar-refractivity contribution in [1.29, 1.82) is 0 Å². The molecule has 2 N–H and O–H groups in total. The zero-order chi connectivity index (χ0) is 12.8. The lowest BCUT2D eigenvalue weighted by molar-refractivity contribution is -0.125. The molecule has 0 saturated carbocycles. The molecular weight excluding hydrogens is 228 g/mol. The molecule has 1 heterocycles. The summed E-state index contributed by atoms with van der Waals surface area (Å²) in [6.45, 7) is 2.12. The number of nitrogens with zero attached hydrogens (tertiary/aromatic N) is 1. The van der Waals surface area contributed by atoms with E-state index in [9.17, 15) is 4.79 Å². The van der Waals surface area contributed by atoms with Crippen molar-refractivity contribution in [2.45, 2.75) is 25.4 Å². The van der Waals surface area contributed by atoms with E-state index in [1.807, 2.05) is 18.2 Å². The second-order valence-corrected chi connectivity index (χ2v) is 4.63. The van der Waals surface area contributed by atoms with Gasteiger partial charge in [-0.05, 0) is 24.9 Å². The first-order valence-electron chi connectivity index (χ1n) is 6.48. The van der Waals surface area contributed by atoms with Crippen LogP contribution in [0.4, 0.5) is 0 Å². The number of likely N-dealkylation sites (tertiary alicyclic amines) is 1. The minimum atomic E-state index is -0.0447. The van der Waals surface area contributed by atoms with E-state index >= 15 is 0 Å². The minimum Gasteiger partial charge on any atom is -0.395 e. The Morgan fingerprint density at radius 2 is 2.17 bits per heavy atom. The fourth-order valence-electron chi connectivity index (χ4n) is 2.43. The first-order chi connectivity index (χ1) is 8.81. The number of amides is 1. The van der Waals surface area contributed by atoms with E-state index in [1.165, 1.54) is 5.56 Å². The smallest absolute Gasteiger partial charge is 0.237 e. The summed E-state index contributed by atoms with van der Waals surface area (Å²) in [5, 5.41) is 11.5. The normalized spacial score (nSPS) is 19.9. The largest absolute Gasteiger partial charge is 0.395 e. The standard InChI is InChI=1S/C14H20N2O2/c17-10-8-15-14(18)13-7-4-9-16(13)11-12-5-2-1-3-6-12/h1-3,5-6,13,17H,4,7-11H2,(H,15,18). The van der Waals surface area contributed by atoms with Gasteiger partial charge in [0.2, 0.25) is 5.91 Å². The SMILES string of the molecule is O=C(NCCO)C1CCCN1Cc1ccccc1. The predicted octanol–water partition coefficient (Wildman–Crippen LogP) is 0.759. The molecule has 1 atom stereocenters. The Bertz CT molecular complexity index is 381. The Morgan fingerprint density at radius 3 is 2.89 bits per heavy atom. The third-order valence-corrected chi connectivity index (χ3v) is 3.31. The zero-order valence-corrected chi connectivity index (χ0v) is 10.5. The van der Waals surface area contributed by atoms with Crippen LogP contribution in [0.15, 0.2) is 30.3 Å². The quantitative estimate of drug-likeness (QED) is 0.809. The molecule has 18 heavy (non-hydrogen) atoms. The summed E-state index contributed by atoms with van der Waals surface area (Å²) in [5.41, 5.74) is 1.24. The van der Waals surface area contributed by atoms with Gasteiger partial charge in [-0.3, -0.25) is 9.69 Å². The van der Waals surface area contributed by atoms with Gasteiger partial charge in [0.05, 0.1) is 12.6 Å². The van der Waals surface area contributed by atoms with Crippen LogP contribution in [0.5, 0.6) is 0 Å². The van der Waals surface area contributed by atoms with Crippen LogP contribution in [0.3, 0.4) is 0 Å². The first-order valence-corrected chi connectivity index (χ1v) is 6.48. The third kappa shape index (κ3) is 3.31. The van der Waals surface area contributed by atoms with E-state index in [4.69, 9.17) is 5.11 Å². The summed E-state index contributed by atoms with van der Waals surface area (Å²) in [4.78, 5) is 14.2. The fraction of sp³-hybridized carbons (Fsp3) is 0.500. The van der Waals surface area contributed by atoms with Crippen molar-refractivity contribution in [3.05, 3.63) is 35.9 Å². The molecule has 0 bridgehead atoms. The molecule has 1 aliphatic rings. The van der Waals surface area contributed by atoms with Gasteiger partial charge in [-0.1, -0.05) is 30.3 Å². The number of benzene rings is 1. The number of carbonyl (C=O) groups excluding carboxylic acids is 1. The van der Waals surface area contributed by atoms with Crippen LogP contribution in [0.2, 0.25) is 0 Å². The number of aliphatic hydroxyl groups excluding tert-OH is 1. The van der Waals surface area contributed by atoms with Crippen LogP contribution >= 0.6 is 0 Å². The highest BCUT2D eigenvalue weighted by Gasteiger charge is 2.30. The van der Waals surface area contributed by atoms with Crippen LogP contribution in [-0.4, -0.2) is 41.7 Å². The minimum absolute atomic E-state index is 0.00283. The maximum Gasteiger partial charge on any atom is 0.237 e. The molecule has 1 aromatic carbocycles. The van der Waals surface area contributed by atoms with Gasteiger partial charge < -0.3 is 10.4 Å². The van der Waals surface area contributed by atoms with Crippen LogP contribution in [0, 0.1) is 0 Å². The third-order valence-electron chi connectivity index (χ3n) is 3.31. The molecule has 1 fully saturated rings. The number of carbonyl (C=O) groups is 1. The Kier molecular flexibility index (Phi) is 4.73. The highest BCUT2D eigenvalue weighted by atomic mass is 16.3. The van der Waals surface area contributed by atoms with Gasteiger partial charge in [0, 0.05) is 13.1 Å². The summed E-state index contributed by atoms with van der Waals surface area (Å²) in [6.07, 6.45) is 1.97. The van der Waals surface area contributed by atoms with E-state index in [0.717, 1.165) is 25.9 Å². The van der Waals surface area contributed by atoms with Crippen molar-refractivity contribution in [1.82, 2.24) is 10.2 Å². The predicted molar refractivity (Wildman–Crippen MR) is 70.0 cm³/mol. The van der Waals surface area contributed by atoms with Crippen molar-refractivity contribution in [2.75, 3.05) is 19.7 Å². The van der Waals surface area contributed by atoms with Crippen LogP contribution in [-0.2, 0) is 11.3 Å². The molecular formula is C14H20N2O2.